The summed E-state index contributed by atoms with van der Waals surface area (Å²) in [5, 5.41) is 3.49. The first-order valence-electron chi connectivity index (χ1n) is 10.0. The summed E-state index contributed by atoms with van der Waals surface area (Å²) in [6.07, 6.45) is 0. The molecule has 0 unspecified atom stereocenters. The van der Waals surface area contributed by atoms with Crippen molar-refractivity contribution in [3.05, 3.63) is 93.0 Å². The van der Waals surface area contributed by atoms with Gasteiger partial charge in [-0.15, -0.1) is 0 Å². The van der Waals surface area contributed by atoms with Crippen LogP contribution in [0, 0.1) is 41.5 Å². The molecule has 1 heterocycles. The van der Waals surface area contributed by atoms with Crippen LogP contribution in [0.15, 0.2) is 58.5 Å². The molecule has 0 atom stereocenters. The standard InChI is InChI=1S/C26H27N3.Fe/c1-15-11-17(3)23(18(4)12-15)27-25-21-9-7-8-10-22(21)26(29-25)28-24-19(5)13-16(2)14-20(24)6;/h7-14H,1-6H3,(H,27,28,29);. The Morgan fingerprint density at radius 3 is 1.23 bits per heavy atom. The normalized spacial score (nSPS) is 15.1. The molecule has 3 aromatic carbocycles. The number of fused-ring (bicyclic) bond motifs is 1. The monoisotopic (exact) mass is 437 g/mol. The number of hydrogen-bond acceptors (Lipinski definition) is 2. The van der Waals surface area contributed by atoms with Crippen molar-refractivity contribution in [2.45, 2.75) is 41.5 Å². The molecule has 0 amide bonds. The molecule has 0 radical (unpaired) electrons. The predicted molar refractivity (Wildman–Crippen MR) is 123 cm³/mol. The zero-order chi connectivity index (χ0) is 20.7. The maximum absolute atomic E-state index is 5.02. The summed E-state index contributed by atoms with van der Waals surface area (Å²) in [7, 11) is 0. The Morgan fingerprint density at radius 2 is 0.900 bits per heavy atom. The minimum atomic E-state index is 0. The van der Waals surface area contributed by atoms with Crippen molar-refractivity contribution >= 4 is 23.0 Å². The van der Waals surface area contributed by atoms with Gasteiger partial charge in [-0.25, -0.2) is 9.98 Å². The van der Waals surface area contributed by atoms with E-state index in [9.17, 15) is 0 Å². The third kappa shape index (κ3) is 4.12. The van der Waals surface area contributed by atoms with Crippen molar-refractivity contribution < 1.29 is 17.1 Å². The van der Waals surface area contributed by atoms with Crippen LogP contribution in [0.5, 0.6) is 0 Å². The summed E-state index contributed by atoms with van der Waals surface area (Å²) < 4.78 is 0. The number of nitrogens with zero attached hydrogens (tertiary/aromatic N) is 2. The first-order chi connectivity index (χ1) is 13.8. The summed E-state index contributed by atoms with van der Waals surface area (Å²) in [6, 6.07) is 17.0. The van der Waals surface area contributed by atoms with E-state index in [1.165, 1.54) is 33.4 Å². The van der Waals surface area contributed by atoms with Gasteiger partial charge in [0.25, 0.3) is 0 Å². The molecule has 0 aliphatic carbocycles. The Morgan fingerprint density at radius 1 is 0.567 bits per heavy atom. The molecule has 30 heavy (non-hydrogen) atoms. The molecule has 4 heteroatoms. The molecule has 3 aromatic rings. The van der Waals surface area contributed by atoms with E-state index < -0.39 is 0 Å². The third-order valence-corrected chi connectivity index (χ3v) is 5.39. The smallest absolute Gasteiger partial charge is 0.140 e. The maximum Gasteiger partial charge on any atom is 0.140 e. The fourth-order valence-corrected chi connectivity index (χ4v) is 4.24. The predicted octanol–water partition coefficient (Wildman–Crippen LogP) is 6.29. The molecule has 0 saturated heterocycles. The van der Waals surface area contributed by atoms with Crippen LogP contribution in [0.4, 0.5) is 11.4 Å². The van der Waals surface area contributed by atoms with Gasteiger partial charge in [0.05, 0.1) is 11.4 Å². The van der Waals surface area contributed by atoms with E-state index in [1.54, 1.807) is 0 Å². The molecule has 0 spiro atoms. The topological polar surface area (TPSA) is 36.8 Å². The largest absolute Gasteiger partial charge is 0.324 e. The first kappa shape index (κ1) is 22.0. The first-order valence-corrected chi connectivity index (χ1v) is 10.0. The average Bonchev–Trinajstić information content (AvgIpc) is 2.99. The second-order valence-corrected chi connectivity index (χ2v) is 8.09. The fourth-order valence-electron chi connectivity index (χ4n) is 4.24. The molecule has 1 aliphatic rings. The van der Waals surface area contributed by atoms with Crippen LogP contribution >= 0.6 is 0 Å². The Labute approximate surface area is 189 Å². The summed E-state index contributed by atoms with van der Waals surface area (Å²) in [5.74, 6) is 1.72. The van der Waals surface area contributed by atoms with Crippen molar-refractivity contribution in [3.63, 3.8) is 0 Å². The zero-order valence-corrected chi connectivity index (χ0v) is 19.5. The maximum atomic E-state index is 5.02. The van der Waals surface area contributed by atoms with Gasteiger partial charge in [-0.3, -0.25) is 0 Å². The van der Waals surface area contributed by atoms with E-state index in [-0.39, 0.29) is 17.1 Å². The van der Waals surface area contributed by atoms with Gasteiger partial charge in [0, 0.05) is 28.2 Å². The number of aryl methyl sites for hydroxylation is 6. The van der Waals surface area contributed by atoms with Gasteiger partial charge in [-0.2, -0.15) is 0 Å². The zero-order valence-electron chi connectivity index (χ0n) is 18.4. The van der Waals surface area contributed by atoms with Crippen molar-refractivity contribution in [2.24, 2.45) is 9.98 Å². The van der Waals surface area contributed by atoms with Gasteiger partial charge in [-0.1, -0.05) is 59.7 Å². The number of nitrogens with one attached hydrogen (secondary N) is 1. The van der Waals surface area contributed by atoms with Crippen LogP contribution in [-0.4, -0.2) is 11.7 Å². The van der Waals surface area contributed by atoms with Crippen LogP contribution in [0.2, 0.25) is 0 Å². The summed E-state index contributed by atoms with van der Waals surface area (Å²) in [5.41, 5.74) is 11.5. The fraction of sp³-hybridized carbons (Fsp3) is 0.231. The Hall–Kier alpha value is -2.68. The van der Waals surface area contributed by atoms with Crippen molar-refractivity contribution in [1.29, 1.82) is 0 Å². The number of benzene rings is 3. The molecule has 3 nitrogen and oxygen atoms in total. The van der Waals surface area contributed by atoms with E-state index in [0.29, 0.717) is 0 Å². The SMILES string of the molecule is Cc1cc(C)c(N=C2NC(=Nc3c(C)cc(C)cc3C)c3ccccc32)c(C)c1.[Fe]. The van der Waals surface area contributed by atoms with Crippen LogP contribution in [0.1, 0.15) is 44.5 Å². The molecular formula is C26H27FeN3. The molecule has 0 saturated carbocycles. The van der Waals surface area contributed by atoms with Gasteiger partial charge in [0.2, 0.25) is 0 Å². The van der Waals surface area contributed by atoms with Gasteiger partial charge in [0.15, 0.2) is 0 Å². The summed E-state index contributed by atoms with van der Waals surface area (Å²) in [6.45, 7) is 12.7. The van der Waals surface area contributed by atoms with Crippen molar-refractivity contribution in [1.82, 2.24) is 5.32 Å². The summed E-state index contributed by atoms with van der Waals surface area (Å²) in [4.78, 5) is 10.0. The molecule has 0 aromatic heterocycles. The Bertz CT molecular complexity index is 1050. The molecule has 154 valence electrons. The number of amidine groups is 2. The van der Waals surface area contributed by atoms with Crippen LogP contribution in [-0.2, 0) is 17.1 Å². The van der Waals surface area contributed by atoms with Crippen LogP contribution in [0.25, 0.3) is 0 Å². The van der Waals surface area contributed by atoms with Crippen molar-refractivity contribution in [2.75, 3.05) is 0 Å². The number of hydrogen-bond donors (Lipinski definition) is 1. The number of rotatable bonds is 2. The van der Waals surface area contributed by atoms with Gasteiger partial charge >= 0.3 is 0 Å². The number of aliphatic imine (C=N–C) groups is 2. The minimum absolute atomic E-state index is 0. The van der Waals surface area contributed by atoms with E-state index in [0.717, 1.165) is 34.2 Å². The second kappa shape index (κ2) is 8.59. The Balaban J connectivity index is 0.00000256. The summed E-state index contributed by atoms with van der Waals surface area (Å²) >= 11 is 0. The van der Waals surface area contributed by atoms with Crippen LogP contribution < -0.4 is 5.32 Å². The van der Waals surface area contributed by atoms with E-state index >= 15 is 0 Å². The average molecular weight is 437 g/mol. The molecule has 0 bridgehead atoms. The molecule has 1 N–H and O–H groups in total. The van der Waals surface area contributed by atoms with Gasteiger partial charge < -0.3 is 5.32 Å². The molecule has 0 fully saturated rings. The van der Waals surface area contributed by atoms with E-state index in [1.807, 2.05) is 0 Å². The molecular weight excluding hydrogens is 410 g/mol. The van der Waals surface area contributed by atoms with Gasteiger partial charge in [-0.05, 0) is 63.8 Å². The third-order valence-electron chi connectivity index (χ3n) is 5.39. The minimum Gasteiger partial charge on any atom is -0.324 e. The quantitative estimate of drug-likeness (QED) is 0.470. The molecule has 4 rings (SSSR count). The Kier molecular flexibility index (Phi) is 6.30. The van der Waals surface area contributed by atoms with Crippen molar-refractivity contribution in [3.8, 4) is 0 Å². The second-order valence-electron chi connectivity index (χ2n) is 8.09. The van der Waals surface area contributed by atoms with Gasteiger partial charge in [0.1, 0.15) is 11.7 Å². The molecule has 1 aliphatic heterocycles. The van der Waals surface area contributed by atoms with E-state index in [4.69, 9.17) is 9.98 Å². The van der Waals surface area contributed by atoms with E-state index in [2.05, 4.69) is 95.4 Å². The van der Waals surface area contributed by atoms with Crippen LogP contribution in [0.3, 0.4) is 0 Å².